The van der Waals surface area contributed by atoms with Gasteiger partial charge in [-0.2, -0.15) is 0 Å². The fourth-order valence-electron chi connectivity index (χ4n) is 3.45. The van der Waals surface area contributed by atoms with Gasteiger partial charge in [0.1, 0.15) is 5.01 Å². The van der Waals surface area contributed by atoms with Crippen LogP contribution in [0.25, 0.3) is 22.0 Å². The number of aliphatic imine (C=N–C) groups is 1. The lowest BCUT2D eigenvalue weighted by atomic mass is 9.96. The molecule has 2 aromatic heterocycles. The van der Waals surface area contributed by atoms with Crippen molar-refractivity contribution in [3.05, 3.63) is 45.6 Å². The Hall–Kier alpha value is -2.12. The average molecular weight is 399 g/mol. The molecule has 0 bridgehead atoms. The zero-order chi connectivity index (χ0) is 19.0. The lowest BCUT2D eigenvalue weighted by Crippen LogP contribution is -2.06. The van der Waals surface area contributed by atoms with Crippen LogP contribution in [0.3, 0.4) is 0 Å². The SMILES string of the molecule is CCCCS(=O)C1=C(N)c2c(C3=CN=C(C)C3)cc(-c3nccs3)nc2C1. The molecule has 140 valence electrons. The van der Waals surface area contributed by atoms with Crippen LogP contribution in [0.1, 0.15) is 49.9 Å². The number of nitrogens with zero attached hydrogens (tertiary/aromatic N) is 3. The molecule has 27 heavy (non-hydrogen) atoms. The maximum atomic E-state index is 12.8. The van der Waals surface area contributed by atoms with Gasteiger partial charge in [-0.05, 0) is 30.5 Å². The number of hydrogen-bond donors (Lipinski definition) is 1. The lowest BCUT2D eigenvalue weighted by Gasteiger charge is -2.12. The van der Waals surface area contributed by atoms with E-state index in [1.165, 1.54) is 0 Å². The second-order valence-corrected chi connectivity index (χ2v) is 9.31. The first kappa shape index (κ1) is 18.3. The van der Waals surface area contributed by atoms with Crippen LogP contribution in [-0.2, 0) is 17.2 Å². The fourth-order valence-corrected chi connectivity index (χ4v) is 5.49. The highest BCUT2D eigenvalue weighted by Gasteiger charge is 2.30. The highest BCUT2D eigenvalue weighted by molar-refractivity contribution is 7.89. The molecule has 2 N–H and O–H groups in total. The Labute approximate surface area is 165 Å². The van der Waals surface area contributed by atoms with Crippen LogP contribution in [-0.4, -0.2) is 25.6 Å². The molecule has 0 radical (unpaired) electrons. The van der Waals surface area contributed by atoms with E-state index >= 15 is 0 Å². The van der Waals surface area contributed by atoms with Crippen molar-refractivity contribution in [1.29, 1.82) is 0 Å². The fraction of sp³-hybridized carbons (Fsp3) is 0.350. The van der Waals surface area contributed by atoms with E-state index in [2.05, 4.69) is 23.0 Å². The number of unbranched alkanes of at least 4 members (excludes halogenated alkanes) is 1. The lowest BCUT2D eigenvalue weighted by molar-refractivity contribution is 0.683. The topological polar surface area (TPSA) is 81.2 Å². The van der Waals surface area contributed by atoms with Gasteiger partial charge in [-0.3, -0.25) is 9.20 Å². The third-order valence-corrected chi connectivity index (χ3v) is 7.20. The molecule has 4 rings (SSSR count). The van der Waals surface area contributed by atoms with Crippen LogP contribution in [0.15, 0.2) is 33.7 Å². The zero-order valence-corrected chi connectivity index (χ0v) is 17.1. The van der Waals surface area contributed by atoms with Crippen molar-refractivity contribution in [2.75, 3.05) is 5.75 Å². The number of rotatable bonds is 6. The highest BCUT2D eigenvalue weighted by atomic mass is 32.2. The Morgan fingerprint density at radius 3 is 2.85 bits per heavy atom. The second kappa shape index (κ2) is 7.48. The van der Waals surface area contributed by atoms with Crippen LogP contribution in [0.5, 0.6) is 0 Å². The van der Waals surface area contributed by atoms with Gasteiger partial charge in [-0.1, -0.05) is 13.3 Å². The molecule has 0 amide bonds. The molecule has 3 heterocycles. The number of allylic oxidation sites excluding steroid dienone is 2. The Morgan fingerprint density at radius 1 is 1.33 bits per heavy atom. The molecule has 1 aliphatic carbocycles. The summed E-state index contributed by atoms with van der Waals surface area (Å²) in [5.41, 5.74) is 13.1. The van der Waals surface area contributed by atoms with E-state index in [9.17, 15) is 4.21 Å². The molecular weight excluding hydrogens is 376 g/mol. The third kappa shape index (κ3) is 3.41. The summed E-state index contributed by atoms with van der Waals surface area (Å²) in [5.74, 6) is 0.653. The van der Waals surface area contributed by atoms with E-state index in [1.54, 1.807) is 17.5 Å². The standard InChI is InChI=1S/C20H22N4OS2/c1-3-4-7-27(25)17-10-15-18(19(17)21)14(13-8-12(2)23-11-13)9-16(24-15)20-22-5-6-26-20/h5-6,9,11H,3-4,7-8,10,21H2,1-2H3. The van der Waals surface area contributed by atoms with Gasteiger partial charge in [0.2, 0.25) is 0 Å². The molecule has 0 saturated carbocycles. The summed E-state index contributed by atoms with van der Waals surface area (Å²) in [6.07, 6.45) is 7.01. The number of aromatic nitrogens is 2. The van der Waals surface area contributed by atoms with Gasteiger partial charge in [0.05, 0.1) is 27.9 Å². The first-order chi connectivity index (χ1) is 13.1. The predicted molar refractivity (Wildman–Crippen MR) is 114 cm³/mol. The summed E-state index contributed by atoms with van der Waals surface area (Å²) >= 11 is 1.57. The van der Waals surface area contributed by atoms with Crippen LogP contribution in [0.4, 0.5) is 0 Å². The van der Waals surface area contributed by atoms with Crippen LogP contribution in [0, 0.1) is 0 Å². The highest BCUT2D eigenvalue weighted by Crippen LogP contribution is 2.40. The van der Waals surface area contributed by atoms with Gasteiger partial charge >= 0.3 is 0 Å². The number of thiazole rings is 1. The van der Waals surface area contributed by atoms with Gasteiger partial charge < -0.3 is 5.73 Å². The van der Waals surface area contributed by atoms with Gasteiger partial charge in [0, 0.05) is 52.6 Å². The van der Waals surface area contributed by atoms with E-state index in [1.807, 2.05) is 18.5 Å². The normalized spacial score (nSPS) is 17.1. The summed E-state index contributed by atoms with van der Waals surface area (Å²) < 4.78 is 12.8. The zero-order valence-electron chi connectivity index (χ0n) is 15.5. The van der Waals surface area contributed by atoms with Gasteiger partial charge in [0.15, 0.2) is 0 Å². The van der Waals surface area contributed by atoms with Crippen molar-refractivity contribution in [3.8, 4) is 10.7 Å². The summed E-state index contributed by atoms with van der Waals surface area (Å²) in [6.45, 7) is 4.13. The molecule has 0 saturated heterocycles. The maximum Gasteiger partial charge on any atom is 0.141 e. The van der Waals surface area contributed by atoms with Crippen molar-refractivity contribution < 1.29 is 4.21 Å². The molecule has 2 aliphatic rings. The summed E-state index contributed by atoms with van der Waals surface area (Å²) in [4.78, 5) is 14.5. The van der Waals surface area contributed by atoms with E-state index in [0.717, 1.165) is 63.0 Å². The molecule has 0 spiro atoms. The summed E-state index contributed by atoms with van der Waals surface area (Å²) in [6, 6.07) is 2.06. The van der Waals surface area contributed by atoms with Gasteiger partial charge in [-0.25, -0.2) is 9.97 Å². The maximum absolute atomic E-state index is 12.8. The van der Waals surface area contributed by atoms with Crippen LogP contribution in [0.2, 0.25) is 0 Å². The van der Waals surface area contributed by atoms with Crippen molar-refractivity contribution in [2.24, 2.45) is 10.7 Å². The smallest absolute Gasteiger partial charge is 0.141 e. The minimum absolute atomic E-state index is 0.552. The molecule has 1 unspecified atom stereocenters. The number of nitrogens with two attached hydrogens (primary N) is 1. The number of pyridine rings is 1. The van der Waals surface area contributed by atoms with Crippen LogP contribution < -0.4 is 5.73 Å². The van der Waals surface area contributed by atoms with Gasteiger partial charge in [-0.15, -0.1) is 11.3 Å². The Bertz CT molecular complexity index is 1000. The Balaban J connectivity index is 1.80. The minimum atomic E-state index is -1.06. The summed E-state index contributed by atoms with van der Waals surface area (Å²) in [7, 11) is -1.06. The van der Waals surface area contributed by atoms with E-state index in [-0.39, 0.29) is 0 Å². The molecule has 5 nitrogen and oxygen atoms in total. The molecule has 7 heteroatoms. The third-order valence-electron chi connectivity index (χ3n) is 4.83. The van der Waals surface area contributed by atoms with Crippen molar-refractivity contribution in [3.63, 3.8) is 0 Å². The molecular formula is C20H22N4OS2. The summed E-state index contributed by atoms with van der Waals surface area (Å²) in [5, 5.41) is 2.83. The first-order valence-corrected chi connectivity index (χ1v) is 11.3. The quantitative estimate of drug-likeness (QED) is 0.793. The molecule has 0 aromatic carbocycles. The number of hydrogen-bond acceptors (Lipinski definition) is 6. The van der Waals surface area contributed by atoms with Crippen molar-refractivity contribution in [1.82, 2.24) is 9.97 Å². The van der Waals surface area contributed by atoms with Gasteiger partial charge in [0.25, 0.3) is 0 Å². The molecule has 2 aromatic rings. The average Bonchev–Trinajstić information content (AvgIpc) is 3.39. The molecule has 0 fully saturated rings. The Kier molecular flexibility index (Phi) is 5.06. The van der Waals surface area contributed by atoms with E-state index in [4.69, 9.17) is 10.7 Å². The van der Waals surface area contributed by atoms with Crippen molar-refractivity contribution >= 4 is 39.1 Å². The van der Waals surface area contributed by atoms with E-state index in [0.29, 0.717) is 17.9 Å². The molecule has 1 aliphatic heterocycles. The number of fused-ring (bicyclic) bond motifs is 1. The predicted octanol–water partition coefficient (Wildman–Crippen LogP) is 4.14. The monoisotopic (exact) mass is 398 g/mol. The van der Waals surface area contributed by atoms with E-state index < -0.39 is 10.8 Å². The second-order valence-electron chi connectivity index (χ2n) is 6.83. The van der Waals surface area contributed by atoms with Crippen LogP contribution >= 0.6 is 11.3 Å². The molecule has 1 atom stereocenters. The largest absolute Gasteiger partial charge is 0.397 e. The van der Waals surface area contributed by atoms with Crippen molar-refractivity contribution in [2.45, 2.75) is 39.5 Å². The Morgan fingerprint density at radius 2 is 2.19 bits per heavy atom. The first-order valence-electron chi connectivity index (χ1n) is 9.12. The minimum Gasteiger partial charge on any atom is -0.397 e.